The molecule has 0 aromatic heterocycles. The standard InChI is InChI=1S/C29H50N4O20/c1-9-15(38)19(42)21(44)27(47-9)53-25-24(52-28-22(45)20(43)16(39)11(6-34)49-28)18(41)13(8-36)50-29(25)51-23-14(32-10(2)37)26(46-5-3-4-31-33-30)48-12(7-35)17(23)40/h9,11-29,34-36,38-45H,3-8H2,1-2H3,(H,32,37)/t9?,11?,12?,13?,14?,15-,16+,17-,18+,19?,20+,21+,22?,23-,24+,25?,26-,27+,28-,29+/m1/s1. The van der Waals surface area contributed by atoms with Crippen molar-refractivity contribution in [3.63, 3.8) is 0 Å². The summed E-state index contributed by atoms with van der Waals surface area (Å²) in [7, 11) is 0. The number of nitrogens with zero attached hydrogens (tertiary/aromatic N) is 3. The molecule has 4 heterocycles. The Balaban J connectivity index is 1.73. The number of hydrogen-bond acceptors (Lipinski definition) is 21. The summed E-state index contributed by atoms with van der Waals surface area (Å²) >= 11 is 0. The Labute approximate surface area is 301 Å². The van der Waals surface area contributed by atoms with Crippen molar-refractivity contribution < 1.29 is 98.9 Å². The highest BCUT2D eigenvalue weighted by molar-refractivity contribution is 5.73. The fourth-order valence-corrected chi connectivity index (χ4v) is 6.36. The number of aliphatic hydroxyl groups is 11. The summed E-state index contributed by atoms with van der Waals surface area (Å²) in [6, 6.07) is -1.38. The van der Waals surface area contributed by atoms with Crippen LogP contribution in [0.4, 0.5) is 0 Å². The minimum absolute atomic E-state index is 0.0368. The first-order valence-corrected chi connectivity index (χ1v) is 16.9. The second-order valence-electron chi connectivity index (χ2n) is 13.0. The van der Waals surface area contributed by atoms with E-state index in [1.54, 1.807) is 0 Å². The molecule has 53 heavy (non-hydrogen) atoms. The van der Waals surface area contributed by atoms with Gasteiger partial charge in [0.1, 0.15) is 91.5 Å². The number of rotatable bonds is 15. The Morgan fingerprint density at radius 2 is 1.15 bits per heavy atom. The van der Waals surface area contributed by atoms with Gasteiger partial charge in [0.25, 0.3) is 0 Å². The van der Waals surface area contributed by atoms with Crippen LogP contribution in [0, 0.1) is 0 Å². The molecule has 20 atom stereocenters. The van der Waals surface area contributed by atoms with Crippen molar-refractivity contribution in [2.45, 2.75) is 143 Å². The van der Waals surface area contributed by atoms with E-state index < -0.39 is 148 Å². The zero-order valence-electron chi connectivity index (χ0n) is 28.7. The highest BCUT2D eigenvalue weighted by Gasteiger charge is 2.56. The molecule has 4 fully saturated rings. The van der Waals surface area contributed by atoms with Gasteiger partial charge >= 0.3 is 0 Å². The van der Waals surface area contributed by atoms with Gasteiger partial charge in [0.2, 0.25) is 5.91 Å². The van der Waals surface area contributed by atoms with E-state index in [1.165, 1.54) is 6.92 Å². The molecule has 0 bridgehead atoms. The summed E-state index contributed by atoms with van der Waals surface area (Å²) in [5.41, 5.74) is 8.56. The predicted molar refractivity (Wildman–Crippen MR) is 166 cm³/mol. The topological polar surface area (TPSA) is 374 Å². The third-order valence-electron chi connectivity index (χ3n) is 9.30. The molecule has 0 saturated carbocycles. The van der Waals surface area contributed by atoms with Crippen molar-refractivity contribution in [3.05, 3.63) is 10.4 Å². The zero-order chi connectivity index (χ0) is 39.1. The van der Waals surface area contributed by atoms with Gasteiger partial charge in [-0.25, -0.2) is 0 Å². The predicted octanol–water partition coefficient (Wildman–Crippen LogP) is -6.85. The van der Waals surface area contributed by atoms with Crippen LogP contribution in [0.3, 0.4) is 0 Å². The van der Waals surface area contributed by atoms with Crippen LogP contribution in [0.5, 0.6) is 0 Å². The highest BCUT2D eigenvalue weighted by Crippen LogP contribution is 2.36. The van der Waals surface area contributed by atoms with Gasteiger partial charge in [-0.1, -0.05) is 5.11 Å². The van der Waals surface area contributed by atoms with Crippen LogP contribution < -0.4 is 5.32 Å². The molecule has 4 saturated heterocycles. The van der Waals surface area contributed by atoms with Gasteiger partial charge in [-0.05, 0) is 18.9 Å². The van der Waals surface area contributed by atoms with Crippen molar-refractivity contribution in [1.29, 1.82) is 0 Å². The molecule has 12 N–H and O–H groups in total. The quantitative estimate of drug-likeness (QED) is 0.0318. The lowest BCUT2D eigenvalue weighted by atomic mass is 9.94. The summed E-state index contributed by atoms with van der Waals surface area (Å²) in [5.74, 6) is -0.658. The Hall–Kier alpha value is -1.98. The van der Waals surface area contributed by atoms with Gasteiger partial charge in [-0.3, -0.25) is 4.79 Å². The number of hydrogen-bond donors (Lipinski definition) is 12. The van der Waals surface area contributed by atoms with Crippen molar-refractivity contribution >= 4 is 5.91 Å². The Bertz CT molecular complexity index is 1200. The molecule has 8 unspecified atom stereocenters. The van der Waals surface area contributed by atoms with Crippen molar-refractivity contribution in [3.8, 4) is 0 Å². The SMILES string of the molecule is CC(=O)NC1[C@H](OCCCN=[N+]=[N-])OC(CO)[C@@H](O)[C@@H]1O[C@@H]1OC(CO)[C@H](O)[C@H](O[C@H]2OC(CO)[C@H](O)[C@H](O)C2O)C1O[C@@H]1OC(C)[C@@H](O)C(O)[C@@H]1O. The lowest BCUT2D eigenvalue weighted by Crippen LogP contribution is -2.70. The van der Waals surface area contributed by atoms with E-state index in [0.717, 1.165) is 6.92 Å². The fraction of sp³-hybridized carbons (Fsp3) is 0.966. The minimum Gasteiger partial charge on any atom is -0.394 e. The van der Waals surface area contributed by atoms with Crippen molar-refractivity contribution in [1.82, 2.24) is 5.32 Å². The number of carbonyl (C=O) groups excluding carboxylic acids is 1. The Kier molecular flexibility index (Phi) is 16.3. The average molecular weight is 775 g/mol. The van der Waals surface area contributed by atoms with Crippen LogP contribution in [0.1, 0.15) is 20.3 Å². The normalized spacial score (nSPS) is 46.4. The number of ether oxygens (including phenoxy) is 8. The number of aliphatic hydroxyl groups excluding tert-OH is 11. The summed E-state index contributed by atoms with van der Waals surface area (Å²) < 4.78 is 46.4. The zero-order valence-corrected chi connectivity index (χ0v) is 28.7. The largest absolute Gasteiger partial charge is 0.394 e. The van der Waals surface area contributed by atoms with Crippen LogP contribution in [-0.2, 0) is 42.7 Å². The molecule has 0 aromatic rings. The average Bonchev–Trinajstić information content (AvgIpc) is 3.13. The minimum atomic E-state index is -2.01. The summed E-state index contributed by atoms with van der Waals surface area (Å²) in [4.78, 5) is 15.0. The van der Waals surface area contributed by atoms with Gasteiger partial charge in [0.15, 0.2) is 25.2 Å². The molecule has 4 aliphatic heterocycles. The lowest BCUT2D eigenvalue weighted by molar-refractivity contribution is -0.401. The summed E-state index contributed by atoms with van der Waals surface area (Å²) in [6.45, 7) is -0.141. The molecule has 1 amide bonds. The van der Waals surface area contributed by atoms with Crippen LogP contribution >= 0.6 is 0 Å². The molecule has 0 aromatic carbocycles. The molecule has 4 rings (SSSR count). The molecular formula is C29H50N4O20. The van der Waals surface area contributed by atoms with Gasteiger partial charge in [-0.2, -0.15) is 0 Å². The number of azide groups is 1. The first kappa shape index (κ1) is 43.7. The van der Waals surface area contributed by atoms with E-state index in [9.17, 15) is 61.0 Å². The van der Waals surface area contributed by atoms with E-state index in [4.69, 9.17) is 43.4 Å². The van der Waals surface area contributed by atoms with E-state index in [2.05, 4.69) is 15.3 Å². The van der Waals surface area contributed by atoms with Gasteiger partial charge in [0, 0.05) is 25.0 Å². The highest BCUT2D eigenvalue weighted by atomic mass is 16.8. The lowest BCUT2D eigenvalue weighted by Gasteiger charge is -2.51. The van der Waals surface area contributed by atoms with Crippen LogP contribution in [0.25, 0.3) is 10.4 Å². The maximum atomic E-state index is 12.4. The first-order chi connectivity index (χ1) is 25.2. The third kappa shape index (κ3) is 10.1. The maximum Gasteiger partial charge on any atom is 0.217 e. The number of amides is 1. The van der Waals surface area contributed by atoms with Crippen LogP contribution in [-0.4, -0.2) is 218 Å². The third-order valence-corrected chi connectivity index (χ3v) is 9.30. The smallest absolute Gasteiger partial charge is 0.217 e. The fourth-order valence-electron chi connectivity index (χ4n) is 6.36. The molecular weight excluding hydrogens is 724 g/mol. The Morgan fingerprint density at radius 3 is 1.74 bits per heavy atom. The Morgan fingerprint density at radius 1 is 0.660 bits per heavy atom. The van der Waals surface area contributed by atoms with E-state index in [0.29, 0.717) is 0 Å². The number of nitrogens with one attached hydrogen (secondary N) is 1. The molecule has 4 aliphatic rings. The monoisotopic (exact) mass is 774 g/mol. The van der Waals surface area contributed by atoms with Crippen molar-refractivity contribution in [2.75, 3.05) is 33.0 Å². The second kappa shape index (κ2) is 19.7. The summed E-state index contributed by atoms with van der Waals surface area (Å²) in [5, 5.41) is 122. The summed E-state index contributed by atoms with van der Waals surface area (Å²) in [6.07, 6.45) is -32.6. The first-order valence-electron chi connectivity index (χ1n) is 16.9. The van der Waals surface area contributed by atoms with Gasteiger partial charge < -0.3 is 99.4 Å². The molecule has 0 aliphatic carbocycles. The van der Waals surface area contributed by atoms with E-state index in [1.807, 2.05) is 0 Å². The van der Waals surface area contributed by atoms with E-state index in [-0.39, 0.29) is 19.6 Å². The van der Waals surface area contributed by atoms with Gasteiger partial charge in [0.05, 0.1) is 25.9 Å². The van der Waals surface area contributed by atoms with E-state index >= 15 is 0 Å². The maximum absolute atomic E-state index is 12.4. The van der Waals surface area contributed by atoms with Crippen LogP contribution in [0.15, 0.2) is 5.11 Å². The molecule has 24 heteroatoms. The second-order valence-corrected chi connectivity index (χ2v) is 13.0. The molecule has 306 valence electrons. The van der Waals surface area contributed by atoms with Crippen LogP contribution in [0.2, 0.25) is 0 Å². The molecule has 0 spiro atoms. The van der Waals surface area contributed by atoms with Gasteiger partial charge in [-0.15, -0.1) is 0 Å². The molecule has 0 radical (unpaired) electrons. The van der Waals surface area contributed by atoms with Crippen molar-refractivity contribution in [2.24, 2.45) is 5.11 Å². The molecule has 24 nitrogen and oxygen atoms in total. The number of carbonyl (C=O) groups is 1.